The number of aromatic nitrogens is 2. The number of ether oxygens (including phenoxy) is 2. The predicted octanol–water partition coefficient (Wildman–Crippen LogP) is 2.41. The molecule has 0 bridgehead atoms. The van der Waals surface area contributed by atoms with Crippen molar-refractivity contribution in [1.82, 2.24) is 9.97 Å². The van der Waals surface area contributed by atoms with Crippen molar-refractivity contribution < 1.29 is 18.7 Å². The molecule has 2 aromatic rings. The van der Waals surface area contributed by atoms with Crippen molar-refractivity contribution in [3.8, 4) is 5.88 Å². The Bertz CT molecular complexity index is 909. The van der Waals surface area contributed by atoms with E-state index in [1.54, 1.807) is 25.4 Å². The van der Waals surface area contributed by atoms with Crippen LogP contribution in [0.2, 0.25) is 0 Å². The average molecular weight is 433 g/mol. The molecule has 2 heterocycles. The van der Waals surface area contributed by atoms with E-state index < -0.39 is 11.7 Å². The lowest BCUT2D eigenvalue weighted by Gasteiger charge is -2.25. The van der Waals surface area contributed by atoms with Gasteiger partial charge in [-0.05, 0) is 37.3 Å². The maximum Gasteiger partial charge on any atom is 0.252 e. The number of methoxy groups -OCH3 is 1. The first-order valence-corrected chi connectivity index (χ1v) is 10.3. The molecular formula is C21H29FN6O3. The standard InChI is InChI=1S/C21H29FN6O3/c1-3-16(23)18(12-4-5-12)27-21-15(22)11-14(19(24)29)20(28-21)26-13-6-7-25-17(10-13)31-9-8-30-2/h6-7,10-12,16,18H,3-5,8-9,23H2,1-2H3,(H2,24,29)(H2,25,26,27,28)/t16-,18+/m0/s1. The molecule has 2 atom stereocenters. The van der Waals surface area contributed by atoms with E-state index in [9.17, 15) is 9.18 Å². The second kappa shape index (κ2) is 10.4. The van der Waals surface area contributed by atoms with E-state index in [-0.39, 0.29) is 29.3 Å². The third-order valence-electron chi connectivity index (χ3n) is 5.14. The molecule has 3 rings (SSSR count). The van der Waals surface area contributed by atoms with Crippen LogP contribution in [-0.2, 0) is 4.74 Å². The molecule has 1 saturated carbocycles. The van der Waals surface area contributed by atoms with Gasteiger partial charge in [0.25, 0.3) is 5.91 Å². The van der Waals surface area contributed by atoms with E-state index in [0.717, 1.165) is 25.3 Å². The normalized spacial score (nSPS) is 15.2. The molecule has 9 nitrogen and oxygen atoms in total. The molecule has 0 aromatic carbocycles. The Labute approximate surface area is 180 Å². The highest BCUT2D eigenvalue weighted by Gasteiger charge is 2.35. The highest BCUT2D eigenvalue weighted by molar-refractivity contribution is 5.98. The Balaban J connectivity index is 1.86. The maximum atomic E-state index is 14.7. The Kier molecular flexibility index (Phi) is 7.59. The number of hydrogen-bond acceptors (Lipinski definition) is 8. The van der Waals surface area contributed by atoms with Crippen LogP contribution in [0.25, 0.3) is 0 Å². The molecule has 10 heteroatoms. The van der Waals surface area contributed by atoms with Gasteiger partial charge in [-0.25, -0.2) is 14.4 Å². The van der Waals surface area contributed by atoms with Crippen LogP contribution in [0.4, 0.5) is 21.7 Å². The van der Waals surface area contributed by atoms with Crippen molar-refractivity contribution in [1.29, 1.82) is 0 Å². The molecule has 0 aliphatic heterocycles. The average Bonchev–Trinajstić information content (AvgIpc) is 3.58. The van der Waals surface area contributed by atoms with E-state index in [1.807, 2.05) is 6.92 Å². The lowest BCUT2D eigenvalue weighted by molar-refractivity contribution is 0.100. The van der Waals surface area contributed by atoms with Gasteiger partial charge in [-0.15, -0.1) is 0 Å². The Morgan fingerprint density at radius 2 is 2.10 bits per heavy atom. The number of anilines is 3. The number of carbonyl (C=O) groups is 1. The molecule has 1 amide bonds. The van der Waals surface area contributed by atoms with Crippen LogP contribution in [0, 0.1) is 11.7 Å². The fourth-order valence-electron chi connectivity index (χ4n) is 3.25. The van der Waals surface area contributed by atoms with Crippen LogP contribution in [0.5, 0.6) is 5.88 Å². The van der Waals surface area contributed by atoms with Gasteiger partial charge in [0.15, 0.2) is 11.6 Å². The molecule has 0 spiro atoms. The van der Waals surface area contributed by atoms with Gasteiger partial charge in [-0.3, -0.25) is 4.79 Å². The number of nitrogens with one attached hydrogen (secondary N) is 2. The van der Waals surface area contributed by atoms with Gasteiger partial charge in [0.2, 0.25) is 5.88 Å². The van der Waals surface area contributed by atoms with Gasteiger partial charge < -0.3 is 31.6 Å². The number of nitrogens with zero attached hydrogens (tertiary/aromatic N) is 2. The smallest absolute Gasteiger partial charge is 0.252 e. The molecule has 0 saturated heterocycles. The van der Waals surface area contributed by atoms with Crippen LogP contribution >= 0.6 is 0 Å². The molecular weight excluding hydrogens is 403 g/mol. The largest absolute Gasteiger partial charge is 0.475 e. The fourth-order valence-corrected chi connectivity index (χ4v) is 3.25. The fraction of sp³-hybridized carbons (Fsp3) is 0.476. The molecule has 1 aliphatic carbocycles. The minimum absolute atomic E-state index is 0.0268. The summed E-state index contributed by atoms with van der Waals surface area (Å²) >= 11 is 0. The molecule has 6 N–H and O–H groups in total. The zero-order valence-corrected chi connectivity index (χ0v) is 17.7. The number of carbonyl (C=O) groups excluding carboxylic acids is 1. The summed E-state index contributed by atoms with van der Waals surface area (Å²) in [5, 5.41) is 6.16. The first-order chi connectivity index (χ1) is 14.9. The summed E-state index contributed by atoms with van der Waals surface area (Å²) in [6.45, 7) is 2.74. The molecule has 0 unspecified atom stereocenters. The van der Waals surface area contributed by atoms with E-state index in [4.69, 9.17) is 20.9 Å². The number of pyridine rings is 2. The van der Waals surface area contributed by atoms with Gasteiger partial charge >= 0.3 is 0 Å². The number of nitrogens with two attached hydrogens (primary N) is 2. The summed E-state index contributed by atoms with van der Waals surface area (Å²) in [6, 6.07) is 4.16. The quantitative estimate of drug-likeness (QED) is 0.375. The van der Waals surface area contributed by atoms with Gasteiger partial charge in [0.1, 0.15) is 12.4 Å². The monoisotopic (exact) mass is 432 g/mol. The van der Waals surface area contributed by atoms with Crippen molar-refractivity contribution in [2.45, 2.75) is 38.3 Å². The van der Waals surface area contributed by atoms with Gasteiger partial charge in [0, 0.05) is 37.1 Å². The number of rotatable bonds is 12. The van der Waals surface area contributed by atoms with E-state index >= 15 is 0 Å². The SMILES string of the molecule is CC[C@H](N)[C@H](Nc1nc(Nc2ccnc(OCCOC)c2)c(C(N)=O)cc1F)C1CC1. The van der Waals surface area contributed by atoms with Crippen LogP contribution in [-0.4, -0.2) is 48.3 Å². The first kappa shape index (κ1) is 22.7. The molecule has 2 aromatic heterocycles. The highest BCUT2D eigenvalue weighted by atomic mass is 19.1. The Hall–Kier alpha value is -2.98. The highest BCUT2D eigenvalue weighted by Crippen LogP contribution is 2.36. The van der Waals surface area contributed by atoms with Crippen molar-refractivity contribution in [2.24, 2.45) is 17.4 Å². The molecule has 1 aliphatic rings. The zero-order chi connectivity index (χ0) is 22.4. The van der Waals surface area contributed by atoms with E-state index in [1.165, 1.54) is 0 Å². The third kappa shape index (κ3) is 6.02. The number of halogens is 1. The van der Waals surface area contributed by atoms with Crippen LogP contribution in [0.1, 0.15) is 36.5 Å². The van der Waals surface area contributed by atoms with Crippen LogP contribution < -0.4 is 26.8 Å². The summed E-state index contributed by atoms with van der Waals surface area (Å²) in [6.07, 6.45) is 4.38. The minimum Gasteiger partial charge on any atom is -0.475 e. The third-order valence-corrected chi connectivity index (χ3v) is 5.14. The lowest BCUT2D eigenvalue weighted by Crippen LogP contribution is -2.42. The topological polar surface area (TPSA) is 137 Å². The number of hydrogen-bond donors (Lipinski definition) is 4. The van der Waals surface area contributed by atoms with Crippen molar-refractivity contribution in [3.63, 3.8) is 0 Å². The van der Waals surface area contributed by atoms with E-state index in [2.05, 4.69) is 20.6 Å². The first-order valence-electron chi connectivity index (χ1n) is 10.3. The zero-order valence-electron chi connectivity index (χ0n) is 17.7. The number of primary amides is 1. The van der Waals surface area contributed by atoms with Crippen molar-refractivity contribution in [2.75, 3.05) is 31.0 Å². The van der Waals surface area contributed by atoms with Gasteiger partial charge in [-0.1, -0.05) is 6.92 Å². The van der Waals surface area contributed by atoms with Crippen LogP contribution in [0.15, 0.2) is 24.4 Å². The Morgan fingerprint density at radius 3 is 2.74 bits per heavy atom. The summed E-state index contributed by atoms with van der Waals surface area (Å²) in [7, 11) is 1.58. The summed E-state index contributed by atoms with van der Waals surface area (Å²) in [5.41, 5.74) is 12.2. The van der Waals surface area contributed by atoms with Gasteiger partial charge in [-0.2, -0.15) is 0 Å². The molecule has 31 heavy (non-hydrogen) atoms. The maximum absolute atomic E-state index is 14.7. The van der Waals surface area contributed by atoms with E-state index in [0.29, 0.717) is 30.7 Å². The van der Waals surface area contributed by atoms with Crippen molar-refractivity contribution >= 4 is 23.2 Å². The number of amides is 1. The lowest BCUT2D eigenvalue weighted by atomic mass is 10.0. The van der Waals surface area contributed by atoms with Crippen LogP contribution in [0.3, 0.4) is 0 Å². The Morgan fingerprint density at radius 1 is 1.32 bits per heavy atom. The van der Waals surface area contributed by atoms with Gasteiger partial charge in [0.05, 0.1) is 12.2 Å². The molecule has 1 fully saturated rings. The minimum atomic E-state index is -0.796. The second-order valence-electron chi connectivity index (χ2n) is 7.51. The summed E-state index contributed by atoms with van der Waals surface area (Å²) < 4.78 is 25.2. The van der Waals surface area contributed by atoms with Crippen molar-refractivity contribution in [3.05, 3.63) is 35.8 Å². The summed E-state index contributed by atoms with van der Waals surface area (Å²) in [5.74, 6) is -0.549. The predicted molar refractivity (Wildman–Crippen MR) is 116 cm³/mol. The molecule has 0 radical (unpaired) electrons. The second-order valence-corrected chi connectivity index (χ2v) is 7.51. The summed E-state index contributed by atoms with van der Waals surface area (Å²) in [4.78, 5) is 20.3. The molecule has 168 valence electrons.